The van der Waals surface area contributed by atoms with Crippen LogP contribution in [0.25, 0.3) is 0 Å². The molecule has 2 heterocycles. The number of urea groups is 1. The summed E-state index contributed by atoms with van der Waals surface area (Å²) in [6.45, 7) is 0. The van der Waals surface area contributed by atoms with Crippen molar-refractivity contribution in [2.45, 2.75) is 25.3 Å². The number of nitrogens with one attached hydrogen (secondary N) is 2. The van der Waals surface area contributed by atoms with Crippen LogP contribution in [0, 0.1) is 0 Å². The van der Waals surface area contributed by atoms with Gasteiger partial charge in [-0.15, -0.1) is 0 Å². The zero-order valence-electron chi connectivity index (χ0n) is 19.0. The molecule has 1 aliphatic heterocycles. The lowest BCUT2D eigenvalue weighted by atomic mass is 9.88. The second kappa shape index (κ2) is 8.97. The Bertz CT molecular complexity index is 1270. The number of ether oxygens (including phenoxy) is 2. The Balaban J connectivity index is 1.66. The number of nitrogens with zero attached hydrogens (tertiary/aromatic N) is 1. The van der Waals surface area contributed by atoms with Crippen molar-refractivity contribution in [2.24, 2.45) is 0 Å². The van der Waals surface area contributed by atoms with Crippen molar-refractivity contribution in [3.8, 4) is 11.5 Å². The molecule has 5 rings (SSSR count). The van der Waals surface area contributed by atoms with E-state index in [2.05, 4.69) is 10.6 Å². The normalized spacial score (nSPS) is 17.3. The molecule has 34 heavy (non-hydrogen) atoms. The molecule has 0 radical (unpaired) electrons. The van der Waals surface area contributed by atoms with Gasteiger partial charge in [0.15, 0.2) is 5.78 Å². The number of hydrogen-bond donors (Lipinski definition) is 2. The van der Waals surface area contributed by atoms with Crippen LogP contribution in [0.2, 0.25) is 0 Å². The molecule has 2 aromatic carbocycles. The van der Waals surface area contributed by atoms with Crippen molar-refractivity contribution >= 4 is 28.9 Å². The third-order valence-electron chi connectivity index (χ3n) is 6.12. The van der Waals surface area contributed by atoms with Crippen LogP contribution < -0.4 is 25.0 Å². The first-order valence-corrected chi connectivity index (χ1v) is 11.1. The first-order valence-electron chi connectivity index (χ1n) is 11.1. The Morgan fingerprint density at radius 2 is 1.94 bits per heavy atom. The molecule has 8 heteroatoms. The molecule has 1 aliphatic carbocycles. The molecule has 3 aromatic rings. The second-order valence-electron chi connectivity index (χ2n) is 8.10. The molecular formula is C26H25N3O5. The van der Waals surface area contributed by atoms with Gasteiger partial charge in [0.1, 0.15) is 23.3 Å². The van der Waals surface area contributed by atoms with E-state index in [4.69, 9.17) is 13.9 Å². The average molecular weight is 460 g/mol. The summed E-state index contributed by atoms with van der Waals surface area (Å²) in [5, 5.41) is 6.38. The number of fused-ring (bicyclic) bond motifs is 1. The highest BCUT2D eigenvalue weighted by molar-refractivity contribution is 6.09. The Labute approximate surface area is 197 Å². The Morgan fingerprint density at radius 3 is 2.71 bits per heavy atom. The van der Waals surface area contributed by atoms with E-state index >= 15 is 0 Å². The molecule has 0 saturated carbocycles. The first kappa shape index (κ1) is 21.6. The van der Waals surface area contributed by atoms with E-state index in [1.165, 1.54) is 7.11 Å². The third kappa shape index (κ3) is 3.77. The number of para-hydroxylation sites is 2. The predicted octanol–water partition coefficient (Wildman–Crippen LogP) is 5.51. The van der Waals surface area contributed by atoms with Gasteiger partial charge in [-0.1, -0.05) is 12.1 Å². The monoisotopic (exact) mass is 459 g/mol. The van der Waals surface area contributed by atoms with Crippen LogP contribution in [-0.4, -0.2) is 26.0 Å². The van der Waals surface area contributed by atoms with Crippen LogP contribution in [0.3, 0.4) is 0 Å². The molecule has 0 spiro atoms. The lowest BCUT2D eigenvalue weighted by Gasteiger charge is -2.32. The van der Waals surface area contributed by atoms with Gasteiger partial charge in [-0.05, 0) is 49.2 Å². The molecule has 2 amide bonds. The maximum atomic E-state index is 14.0. The SMILES string of the molecule is COc1ccc(OC)c(NC(=O)N2c3ccccc3NC3=C(C(=O)CCC3)C2c2ccco2)c1. The molecule has 1 aromatic heterocycles. The fraction of sp³-hybridized carbons (Fsp3) is 0.231. The number of rotatable bonds is 4. The van der Waals surface area contributed by atoms with E-state index in [0.717, 1.165) is 17.8 Å². The topological polar surface area (TPSA) is 93.0 Å². The largest absolute Gasteiger partial charge is 0.497 e. The van der Waals surface area contributed by atoms with Crippen LogP contribution in [0.15, 0.2) is 76.5 Å². The van der Waals surface area contributed by atoms with E-state index in [-0.39, 0.29) is 5.78 Å². The van der Waals surface area contributed by atoms with Gasteiger partial charge in [0.2, 0.25) is 0 Å². The number of ketones is 1. The molecular weight excluding hydrogens is 434 g/mol. The van der Waals surface area contributed by atoms with Crippen molar-refractivity contribution < 1.29 is 23.5 Å². The summed E-state index contributed by atoms with van der Waals surface area (Å²) in [6.07, 6.45) is 3.44. The maximum absolute atomic E-state index is 14.0. The minimum Gasteiger partial charge on any atom is -0.497 e. The summed E-state index contributed by atoms with van der Waals surface area (Å²) in [6, 6.07) is 15.1. The predicted molar refractivity (Wildman–Crippen MR) is 128 cm³/mol. The summed E-state index contributed by atoms with van der Waals surface area (Å²) < 4.78 is 16.5. The molecule has 1 unspecified atom stereocenters. The van der Waals surface area contributed by atoms with Crippen LogP contribution in [0.5, 0.6) is 11.5 Å². The highest BCUT2D eigenvalue weighted by atomic mass is 16.5. The fourth-order valence-electron chi connectivity index (χ4n) is 4.56. The number of allylic oxidation sites excluding steroid dienone is 1. The summed E-state index contributed by atoms with van der Waals surface area (Å²) in [4.78, 5) is 28.7. The van der Waals surface area contributed by atoms with Gasteiger partial charge in [0.05, 0.1) is 37.5 Å². The summed E-state index contributed by atoms with van der Waals surface area (Å²) in [7, 11) is 3.09. The quantitative estimate of drug-likeness (QED) is 0.535. The highest BCUT2D eigenvalue weighted by Gasteiger charge is 2.41. The Kier molecular flexibility index (Phi) is 5.71. The van der Waals surface area contributed by atoms with Crippen LogP contribution in [0.1, 0.15) is 31.1 Å². The zero-order valence-corrected chi connectivity index (χ0v) is 19.0. The molecule has 2 aliphatic rings. The van der Waals surface area contributed by atoms with Gasteiger partial charge in [0.25, 0.3) is 0 Å². The van der Waals surface area contributed by atoms with Gasteiger partial charge >= 0.3 is 6.03 Å². The molecule has 8 nitrogen and oxygen atoms in total. The van der Waals surface area contributed by atoms with Gasteiger partial charge in [-0.2, -0.15) is 0 Å². The molecule has 0 bridgehead atoms. The standard InChI is InChI=1S/C26H25N3O5/c1-32-16-12-13-22(33-2)19(15-16)28-26(31)29-20-9-4-3-7-17(20)27-18-8-5-10-21(30)24(18)25(29)23-11-6-14-34-23/h3-4,6-7,9,11-15,25,27H,5,8,10H2,1-2H3,(H,28,31). The minimum atomic E-state index is -0.731. The number of carbonyl (C=O) groups is 2. The number of furan rings is 1. The van der Waals surface area contributed by atoms with E-state index < -0.39 is 12.1 Å². The van der Waals surface area contributed by atoms with Crippen molar-refractivity contribution in [1.82, 2.24) is 0 Å². The van der Waals surface area contributed by atoms with Gasteiger partial charge < -0.3 is 24.5 Å². The van der Waals surface area contributed by atoms with E-state index in [9.17, 15) is 9.59 Å². The number of Topliss-reactive ketones (excluding diaryl/α,β-unsaturated/α-hetero) is 1. The van der Waals surface area contributed by atoms with Crippen molar-refractivity contribution in [3.05, 3.63) is 77.9 Å². The van der Waals surface area contributed by atoms with E-state index in [1.54, 1.807) is 48.6 Å². The molecule has 174 valence electrons. The maximum Gasteiger partial charge on any atom is 0.327 e. The molecule has 2 N–H and O–H groups in total. The first-order chi connectivity index (χ1) is 16.6. The average Bonchev–Trinajstić information content (AvgIpc) is 3.33. The van der Waals surface area contributed by atoms with E-state index in [0.29, 0.717) is 47.0 Å². The van der Waals surface area contributed by atoms with Gasteiger partial charge in [-0.3, -0.25) is 9.69 Å². The zero-order chi connectivity index (χ0) is 23.7. The number of hydrogen-bond acceptors (Lipinski definition) is 6. The number of amides is 2. The number of carbonyl (C=O) groups excluding carboxylic acids is 2. The van der Waals surface area contributed by atoms with Gasteiger partial charge in [0, 0.05) is 23.8 Å². The summed E-state index contributed by atoms with van der Waals surface area (Å²) in [5.74, 6) is 1.57. The van der Waals surface area contributed by atoms with E-state index in [1.807, 2.05) is 24.3 Å². The van der Waals surface area contributed by atoms with Crippen molar-refractivity contribution in [3.63, 3.8) is 0 Å². The number of benzene rings is 2. The van der Waals surface area contributed by atoms with Crippen molar-refractivity contribution in [1.29, 1.82) is 0 Å². The Morgan fingerprint density at radius 1 is 1.09 bits per heavy atom. The summed E-state index contributed by atoms with van der Waals surface area (Å²) in [5.41, 5.74) is 3.19. The van der Waals surface area contributed by atoms with Gasteiger partial charge in [-0.25, -0.2) is 4.79 Å². The van der Waals surface area contributed by atoms with Crippen LogP contribution in [0.4, 0.5) is 21.9 Å². The third-order valence-corrected chi connectivity index (χ3v) is 6.12. The molecule has 0 saturated heterocycles. The Hall–Kier alpha value is -4.20. The minimum absolute atomic E-state index is 0.000262. The van der Waals surface area contributed by atoms with Crippen LogP contribution >= 0.6 is 0 Å². The highest BCUT2D eigenvalue weighted by Crippen LogP contribution is 2.45. The molecule has 1 atom stereocenters. The summed E-state index contributed by atoms with van der Waals surface area (Å²) >= 11 is 0. The van der Waals surface area contributed by atoms with Crippen molar-refractivity contribution in [2.75, 3.05) is 29.8 Å². The smallest absolute Gasteiger partial charge is 0.327 e. The fourth-order valence-corrected chi connectivity index (χ4v) is 4.56. The van der Waals surface area contributed by atoms with Crippen LogP contribution in [-0.2, 0) is 4.79 Å². The number of anilines is 3. The lowest BCUT2D eigenvalue weighted by molar-refractivity contribution is -0.116. The number of methoxy groups -OCH3 is 2. The second-order valence-corrected chi connectivity index (χ2v) is 8.10. The lowest BCUT2D eigenvalue weighted by Crippen LogP contribution is -2.40. The molecule has 0 fully saturated rings.